The second-order valence-electron chi connectivity index (χ2n) is 3.10. The van der Waals surface area contributed by atoms with Crippen molar-refractivity contribution in [2.45, 2.75) is 19.0 Å². The molecule has 0 aliphatic heterocycles. The van der Waals surface area contributed by atoms with Crippen LogP contribution in [0.5, 0.6) is 0 Å². The molecule has 1 aromatic rings. The van der Waals surface area contributed by atoms with Crippen molar-refractivity contribution in [1.29, 1.82) is 0 Å². The molecule has 7 heteroatoms. The summed E-state index contributed by atoms with van der Waals surface area (Å²) >= 11 is 0. The van der Waals surface area contributed by atoms with Gasteiger partial charge in [0, 0.05) is 12.5 Å². The lowest BCUT2D eigenvalue weighted by molar-refractivity contribution is -0.139. The Morgan fingerprint density at radius 2 is 2.41 bits per heavy atom. The SMILES string of the molecule is C#CCC(NC(=O)NCc1ccno1)C(=O)O. The quantitative estimate of drug-likeness (QED) is 0.623. The van der Waals surface area contributed by atoms with E-state index in [4.69, 9.17) is 16.1 Å². The zero-order valence-corrected chi connectivity index (χ0v) is 8.84. The molecule has 0 spiro atoms. The fourth-order valence-corrected chi connectivity index (χ4v) is 1.03. The number of amides is 2. The molecule has 0 radical (unpaired) electrons. The molecule has 0 fully saturated rings. The molecular weight excluding hydrogens is 226 g/mol. The highest BCUT2D eigenvalue weighted by Crippen LogP contribution is 1.95. The van der Waals surface area contributed by atoms with Gasteiger partial charge in [-0.15, -0.1) is 12.3 Å². The summed E-state index contributed by atoms with van der Waals surface area (Å²) < 4.78 is 4.74. The van der Waals surface area contributed by atoms with Gasteiger partial charge in [-0.05, 0) is 0 Å². The Labute approximate surface area is 97.2 Å². The van der Waals surface area contributed by atoms with Crippen molar-refractivity contribution in [3.63, 3.8) is 0 Å². The molecule has 1 rings (SSSR count). The molecule has 0 bridgehead atoms. The lowest BCUT2D eigenvalue weighted by Gasteiger charge is -2.11. The zero-order valence-electron chi connectivity index (χ0n) is 8.84. The predicted octanol–water partition coefficient (Wildman–Crippen LogP) is -0.0497. The number of carbonyl (C=O) groups excluding carboxylic acids is 1. The van der Waals surface area contributed by atoms with Gasteiger partial charge in [0.15, 0.2) is 5.76 Å². The number of carboxylic acid groups (broad SMARTS) is 1. The van der Waals surface area contributed by atoms with E-state index in [1.165, 1.54) is 6.20 Å². The fraction of sp³-hybridized carbons (Fsp3) is 0.300. The number of hydrogen-bond donors (Lipinski definition) is 3. The molecule has 0 saturated heterocycles. The van der Waals surface area contributed by atoms with Gasteiger partial charge in [0.05, 0.1) is 12.7 Å². The van der Waals surface area contributed by atoms with Crippen LogP contribution < -0.4 is 10.6 Å². The van der Waals surface area contributed by atoms with Crippen LogP contribution in [0.15, 0.2) is 16.8 Å². The van der Waals surface area contributed by atoms with E-state index in [-0.39, 0.29) is 13.0 Å². The molecule has 0 aliphatic carbocycles. The fourth-order valence-electron chi connectivity index (χ4n) is 1.03. The van der Waals surface area contributed by atoms with Crippen LogP contribution in [0.1, 0.15) is 12.2 Å². The van der Waals surface area contributed by atoms with E-state index in [9.17, 15) is 9.59 Å². The molecular formula is C10H11N3O4. The molecule has 1 atom stereocenters. The summed E-state index contributed by atoms with van der Waals surface area (Å²) in [5.74, 6) is 1.45. The van der Waals surface area contributed by atoms with Gasteiger partial charge < -0.3 is 20.3 Å². The topological polar surface area (TPSA) is 104 Å². The van der Waals surface area contributed by atoms with E-state index >= 15 is 0 Å². The first kappa shape index (κ1) is 12.6. The van der Waals surface area contributed by atoms with Crippen LogP contribution in [0.2, 0.25) is 0 Å². The number of aliphatic carboxylic acids is 1. The Hall–Kier alpha value is -2.49. The van der Waals surface area contributed by atoms with E-state index in [0.717, 1.165) is 0 Å². The first-order valence-corrected chi connectivity index (χ1v) is 4.73. The molecule has 1 unspecified atom stereocenters. The van der Waals surface area contributed by atoms with Gasteiger partial charge in [0.1, 0.15) is 6.04 Å². The maximum atomic E-state index is 11.3. The minimum atomic E-state index is -1.18. The van der Waals surface area contributed by atoms with E-state index in [1.807, 2.05) is 0 Å². The summed E-state index contributed by atoms with van der Waals surface area (Å²) in [5.41, 5.74) is 0. The smallest absolute Gasteiger partial charge is 0.327 e. The van der Waals surface area contributed by atoms with Crippen LogP contribution in [0.4, 0.5) is 4.79 Å². The highest BCUT2D eigenvalue weighted by Gasteiger charge is 2.18. The maximum absolute atomic E-state index is 11.3. The molecule has 0 aromatic carbocycles. The number of urea groups is 1. The molecule has 17 heavy (non-hydrogen) atoms. The highest BCUT2D eigenvalue weighted by atomic mass is 16.5. The summed E-state index contributed by atoms with van der Waals surface area (Å²) in [5, 5.41) is 16.8. The van der Waals surface area contributed by atoms with E-state index < -0.39 is 18.0 Å². The molecule has 1 aromatic heterocycles. The van der Waals surface area contributed by atoms with Crippen LogP contribution in [-0.4, -0.2) is 28.3 Å². The second-order valence-corrected chi connectivity index (χ2v) is 3.10. The third kappa shape index (κ3) is 4.25. The summed E-state index contributed by atoms with van der Waals surface area (Å²) in [6.45, 7) is 0.119. The molecule has 3 N–H and O–H groups in total. The maximum Gasteiger partial charge on any atom is 0.327 e. The summed E-state index contributed by atoms with van der Waals surface area (Å²) in [7, 11) is 0. The lowest BCUT2D eigenvalue weighted by atomic mass is 10.2. The predicted molar refractivity (Wildman–Crippen MR) is 56.7 cm³/mol. The monoisotopic (exact) mass is 237 g/mol. The van der Waals surface area contributed by atoms with Gasteiger partial charge in [0.25, 0.3) is 0 Å². The summed E-state index contributed by atoms with van der Waals surface area (Å²) in [6, 6.07) is -0.157. The van der Waals surface area contributed by atoms with Gasteiger partial charge in [0.2, 0.25) is 0 Å². The average molecular weight is 237 g/mol. The number of nitrogens with zero attached hydrogens (tertiary/aromatic N) is 1. The minimum Gasteiger partial charge on any atom is -0.480 e. The van der Waals surface area contributed by atoms with Crippen LogP contribution in [0.25, 0.3) is 0 Å². The van der Waals surface area contributed by atoms with Crippen molar-refractivity contribution in [3.8, 4) is 12.3 Å². The minimum absolute atomic E-state index is 0.0783. The van der Waals surface area contributed by atoms with Crippen molar-refractivity contribution in [3.05, 3.63) is 18.0 Å². The Balaban J connectivity index is 2.37. The third-order valence-corrected chi connectivity index (χ3v) is 1.84. The van der Waals surface area contributed by atoms with Crippen LogP contribution >= 0.6 is 0 Å². The largest absolute Gasteiger partial charge is 0.480 e. The molecule has 7 nitrogen and oxygen atoms in total. The molecule has 0 saturated carbocycles. The third-order valence-electron chi connectivity index (χ3n) is 1.84. The Kier molecular flexibility index (Phi) is 4.57. The first-order chi connectivity index (χ1) is 8.13. The number of terminal acetylenes is 1. The molecule has 2 amide bonds. The van der Waals surface area contributed by atoms with Crippen LogP contribution in [0.3, 0.4) is 0 Å². The van der Waals surface area contributed by atoms with Gasteiger partial charge in [-0.25, -0.2) is 9.59 Å². The van der Waals surface area contributed by atoms with Gasteiger partial charge in [-0.2, -0.15) is 0 Å². The lowest BCUT2D eigenvalue weighted by Crippen LogP contribution is -2.45. The van der Waals surface area contributed by atoms with Gasteiger partial charge >= 0.3 is 12.0 Å². The van der Waals surface area contributed by atoms with E-state index in [1.54, 1.807) is 6.07 Å². The van der Waals surface area contributed by atoms with Gasteiger partial charge in [-0.3, -0.25) is 0 Å². The Morgan fingerprint density at radius 3 is 2.94 bits per heavy atom. The number of rotatable bonds is 5. The van der Waals surface area contributed by atoms with Crippen molar-refractivity contribution >= 4 is 12.0 Å². The second kappa shape index (κ2) is 6.17. The summed E-state index contributed by atoms with van der Waals surface area (Å²) in [4.78, 5) is 22.0. The Bertz CT molecular complexity index is 421. The van der Waals surface area contributed by atoms with Crippen molar-refractivity contribution in [2.24, 2.45) is 0 Å². The number of carboxylic acids is 1. The summed E-state index contributed by atoms with van der Waals surface area (Å²) in [6.07, 6.45) is 6.35. The van der Waals surface area contributed by atoms with E-state index in [0.29, 0.717) is 5.76 Å². The van der Waals surface area contributed by atoms with Crippen LogP contribution in [0, 0.1) is 12.3 Å². The number of nitrogens with one attached hydrogen (secondary N) is 2. The number of aromatic nitrogens is 1. The van der Waals surface area contributed by atoms with Crippen molar-refractivity contribution in [1.82, 2.24) is 15.8 Å². The number of hydrogen-bond acceptors (Lipinski definition) is 4. The van der Waals surface area contributed by atoms with Crippen LogP contribution in [-0.2, 0) is 11.3 Å². The normalized spacial score (nSPS) is 11.2. The van der Waals surface area contributed by atoms with Gasteiger partial charge in [-0.1, -0.05) is 5.16 Å². The number of carbonyl (C=O) groups is 2. The average Bonchev–Trinajstić information content (AvgIpc) is 2.78. The zero-order chi connectivity index (χ0) is 12.7. The Morgan fingerprint density at radius 1 is 1.65 bits per heavy atom. The molecule has 90 valence electrons. The standard InChI is InChI=1S/C10H11N3O4/c1-2-3-8(9(14)15)13-10(16)11-6-7-4-5-12-17-7/h1,4-5,8H,3,6H2,(H,14,15)(H2,11,13,16). The van der Waals surface area contributed by atoms with E-state index in [2.05, 4.69) is 21.7 Å². The molecule has 0 aliphatic rings. The first-order valence-electron chi connectivity index (χ1n) is 4.73. The van der Waals surface area contributed by atoms with Crippen molar-refractivity contribution in [2.75, 3.05) is 0 Å². The van der Waals surface area contributed by atoms with Crippen molar-refractivity contribution < 1.29 is 19.2 Å². The molecule has 1 heterocycles. The highest BCUT2D eigenvalue weighted by molar-refractivity contribution is 5.82.